The van der Waals surface area contributed by atoms with E-state index in [0.717, 1.165) is 24.5 Å². The molecule has 3 heterocycles. The van der Waals surface area contributed by atoms with Gasteiger partial charge >= 0.3 is 12.4 Å². The Balaban J connectivity index is 1.30. The second kappa shape index (κ2) is 36.1. The van der Waals surface area contributed by atoms with Crippen molar-refractivity contribution in [3.63, 3.8) is 0 Å². The zero-order valence-electron chi connectivity index (χ0n) is 62.4. The van der Waals surface area contributed by atoms with E-state index >= 15 is 28.8 Å². The Morgan fingerprint density at radius 1 is 0.644 bits per heavy atom. The van der Waals surface area contributed by atoms with Crippen LogP contribution in [0.4, 0.5) is 26.3 Å². The summed E-state index contributed by atoms with van der Waals surface area (Å²) in [5, 5.41) is 7.29. The molecule has 4 aliphatic carbocycles. The predicted molar refractivity (Wildman–Crippen MR) is 373 cm³/mol. The van der Waals surface area contributed by atoms with Gasteiger partial charge in [-0.25, -0.2) is 0 Å². The van der Waals surface area contributed by atoms with Crippen molar-refractivity contribution in [1.82, 2.24) is 60.0 Å². The number of hydrogen-bond acceptors (Lipinski definition) is 12. The number of carbonyl (C=O) groups is 12. The number of terminal acetylenes is 1. The van der Waals surface area contributed by atoms with Crippen molar-refractivity contribution in [1.29, 1.82) is 0 Å². The van der Waals surface area contributed by atoms with E-state index in [2.05, 4.69) is 21.9 Å². The maximum atomic E-state index is 15.6. The van der Waals surface area contributed by atoms with Crippen molar-refractivity contribution in [2.75, 3.05) is 82.6 Å². The summed E-state index contributed by atoms with van der Waals surface area (Å²) < 4.78 is 84.5. The molecule has 3 saturated heterocycles. The standard InChI is InChI=1S/C73H111ClF6N12O12/c1-13-20-52-62(96)82-60(44(4)14-2)68(102)86(8)42-59(95)88(10)54-33-24-43(3)40-92(67(54)101)56(38-46-25-29-48(30-26-46)72(75,76)77)66(100)85(7)41-57(93)81-51(32-28-45-27-31-49(50(74)37-45)73(78,79)80)64(98)91-36-19-23-53(91)63(97)83-71(34-17-18-35-71)70(104)90(12)61(47-21-15-16-22-47)69(103)89(11)55(65(99)84(5)6)39-58(94)87(52)9/h1,43-56,60-61H,14-42H2,2-12H3,(H,81,93)(H,82,96)(H,83,97)/t43-,44+,45?,46?,48?,49?,50?,51+,52+,53+,54+,55+,56+,60+,61+/m1/s1. The molecule has 7 rings (SSSR count). The van der Waals surface area contributed by atoms with Gasteiger partial charge in [0, 0.05) is 81.3 Å². The molecule has 0 radical (unpaired) electrons. The summed E-state index contributed by atoms with van der Waals surface area (Å²) in [7, 11) is 11.0. The summed E-state index contributed by atoms with van der Waals surface area (Å²) in [6.45, 7) is 3.86. The number of nitrogens with one attached hydrogen (secondary N) is 3. The van der Waals surface area contributed by atoms with Gasteiger partial charge in [0.1, 0.15) is 53.9 Å². The van der Waals surface area contributed by atoms with Gasteiger partial charge in [-0.15, -0.1) is 23.9 Å². The second-order valence-corrected chi connectivity index (χ2v) is 31.8. The molecule has 3 aliphatic heterocycles. The highest BCUT2D eigenvalue weighted by Gasteiger charge is 2.53. The summed E-state index contributed by atoms with van der Waals surface area (Å²) >= 11 is 6.40. The summed E-state index contributed by atoms with van der Waals surface area (Å²) in [6, 6.07) is -10.8. The molecule has 3 N–H and O–H groups in total. The van der Waals surface area contributed by atoms with Crippen LogP contribution in [0.1, 0.15) is 181 Å². The number of carbonyl (C=O) groups excluding carboxylic acids is 12. The number of amides is 12. The predicted octanol–water partition coefficient (Wildman–Crippen LogP) is 6.10. The maximum Gasteiger partial charge on any atom is 0.393 e. The highest BCUT2D eigenvalue weighted by atomic mass is 35.5. The molecule has 1 spiro atoms. The SMILES string of the molecule is C#CC[C@H]1C(=O)N[C@@H]([C@@H](C)CC)C(=O)N(C)CC(=O)N(C)[C@H]2CC[C@@H](C)CN(C2=O)[C@@H](CC2CCC(C(F)(F)F)CC2)C(=O)N(C)CC(=O)N[C@@H](CCC2CCC(C(F)(F)F)C(Cl)C2)C(=O)N2CCC[C@H]2C(=O)NC2(CCCC2)C(=O)N(C)[C@@H](C2CCCC2)C(=O)N(C)[C@H](C(=O)N(C)C)CC(=O)N1C. The number of halogens is 7. The maximum absolute atomic E-state index is 15.6. The van der Waals surface area contributed by atoms with E-state index in [0.29, 0.717) is 57.8 Å². The molecule has 4 saturated carbocycles. The van der Waals surface area contributed by atoms with Gasteiger partial charge in [-0.2, -0.15) is 26.3 Å². The number of alkyl halides is 7. The molecule has 7 aliphatic rings. The normalized spacial score (nSPS) is 31.7. The Labute approximate surface area is 613 Å². The van der Waals surface area contributed by atoms with E-state index < -0.39 is 198 Å². The molecule has 3 unspecified atom stereocenters. The van der Waals surface area contributed by atoms with Crippen LogP contribution in [0.5, 0.6) is 0 Å². The van der Waals surface area contributed by atoms with Crippen LogP contribution in [-0.2, 0) is 57.5 Å². The van der Waals surface area contributed by atoms with Crippen molar-refractivity contribution >= 4 is 82.5 Å². The van der Waals surface area contributed by atoms with Gasteiger partial charge in [0.2, 0.25) is 70.9 Å². The van der Waals surface area contributed by atoms with Gasteiger partial charge in [-0.3, -0.25) is 57.5 Å². The van der Waals surface area contributed by atoms with Crippen LogP contribution in [0.25, 0.3) is 0 Å². The fourth-order valence-corrected chi connectivity index (χ4v) is 17.5. The van der Waals surface area contributed by atoms with E-state index in [1.165, 1.54) is 76.0 Å². The molecular formula is C73H111ClF6N12O12. The minimum atomic E-state index is -4.56. The highest BCUT2D eigenvalue weighted by molar-refractivity contribution is 6.21. The smallest absolute Gasteiger partial charge is 0.347 e. The summed E-state index contributed by atoms with van der Waals surface area (Å²) in [5.74, 6) is -12.1. The summed E-state index contributed by atoms with van der Waals surface area (Å²) in [4.78, 5) is 191. The molecule has 2 bridgehead atoms. The molecule has 13 atom stereocenters. The van der Waals surface area contributed by atoms with Gasteiger partial charge in [0.15, 0.2) is 0 Å². The number of rotatable bonds is 10. The van der Waals surface area contributed by atoms with Gasteiger partial charge in [0.05, 0.1) is 31.3 Å². The molecule has 0 aromatic rings. The molecular weight excluding hydrogens is 1390 g/mol. The number of hydrogen-bond donors (Lipinski definition) is 3. The van der Waals surface area contributed by atoms with Crippen LogP contribution in [0, 0.1) is 53.8 Å². The lowest BCUT2D eigenvalue weighted by molar-refractivity contribution is -0.184. The van der Waals surface area contributed by atoms with E-state index in [9.17, 15) is 55.1 Å². The zero-order valence-corrected chi connectivity index (χ0v) is 63.1. The van der Waals surface area contributed by atoms with E-state index in [-0.39, 0.29) is 115 Å². The fourth-order valence-electron chi connectivity index (χ4n) is 17.0. The van der Waals surface area contributed by atoms with Gasteiger partial charge < -0.3 is 60.0 Å². The molecule has 24 nitrogen and oxygen atoms in total. The van der Waals surface area contributed by atoms with Crippen LogP contribution in [-0.4, -0.2) is 269 Å². The summed E-state index contributed by atoms with van der Waals surface area (Å²) in [5.41, 5.74) is -1.61. The molecule has 104 heavy (non-hydrogen) atoms. The minimum Gasteiger partial charge on any atom is -0.347 e. The second-order valence-electron chi connectivity index (χ2n) is 31.2. The Morgan fingerprint density at radius 3 is 1.86 bits per heavy atom. The largest absolute Gasteiger partial charge is 0.393 e. The Bertz CT molecular complexity index is 3160. The Hall–Kier alpha value is -6.93. The van der Waals surface area contributed by atoms with Crippen molar-refractivity contribution < 1.29 is 83.9 Å². The first-order chi connectivity index (χ1) is 48.8. The molecule has 0 aromatic heterocycles. The van der Waals surface area contributed by atoms with Crippen LogP contribution in [0.3, 0.4) is 0 Å². The van der Waals surface area contributed by atoms with Gasteiger partial charge in [-0.1, -0.05) is 52.9 Å². The third kappa shape index (κ3) is 20.2. The molecule has 7 fully saturated rings. The monoisotopic (exact) mass is 1500 g/mol. The van der Waals surface area contributed by atoms with Crippen molar-refractivity contribution in [2.24, 2.45) is 41.4 Å². The highest BCUT2D eigenvalue weighted by Crippen LogP contribution is 2.45. The molecule has 0 aromatic carbocycles. The van der Waals surface area contributed by atoms with Crippen molar-refractivity contribution in [2.45, 2.75) is 253 Å². The zero-order chi connectivity index (χ0) is 77.2. The van der Waals surface area contributed by atoms with Gasteiger partial charge in [0.25, 0.3) is 0 Å². The lowest BCUT2D eigenvalue weighted by atomic mass is 9.78. The van der Waals surface area contributed by atoms with Crippen LogP contribution in [0.15, 0.2) is 0 Å². The van der Waals surface area contributed by atoms with Crippen LogP contribution >= 0.6 is 11.6 Å². The Kier molecular flexibility index (Phi) is 29.3. The summed E-state index contributed by atoms with van der Waals surface area (Å²) in [6.07, 6.45) is -0.267. The van der Waals surface area contributed by atoms with Crippen LogP contribution in [0.2, 0.25) is 0 Å². The van der Waals surface area contributed by atoms with Crippen molar-refractivity contribution in [3.05, 3.63) is 0 Å². The molecule has 31 heteroatoms. The number of fused-ring (bicyclic) bond motifs is 3. The van der Waals surface area contributed by atoms with E-state index in [1.54, 1.807) is 13.8 Å². The molecule has 584 valence electrons. The minimum absolute atomic E-state index is 0.000605. The van der Waals surface area contributed by atoms with E-state index in [4.69, 9.17) is 18.0 Å². The first-order valence-corrected chi connectivity index (χ1v) is 37.7. The Morgan fingerprint density at radius 2 is 1.27 bits per heavy atom. The first kappa shape index (κ1) is 84.3. The van der Waals surface area contributed by atoms with Crippen LogP contribution < -0.4 is 16.0 Å². The lowest BCUT2D eigenvalue weighted by Gasteiger charge is -2.42. The number of nitrogens with zero attached hydrogens (tertiary/aromatic N) is 9. The fraction of sp³-hybridized carbons (Fsp3) is 0.808. The van der Waals surface area contributed by atoms with Gasteiger partial charge in [-0.05, 0) is 145 Å². The van der Waals surface area contributed by atoms with Crippen molar-refractivity contribution in [3.8, 4) is 12.3 Å². The van der Waals surface area contributed by atoms with E-state index in [1.807, 2.05) is 6.92 Å². The number of likely N-dealkylation sites (N-methyl/N-ethyl adjacent to an activating group) is 7. The molecule has 12 amide bonds. The third-order valence-corrected chi connectivity index (χ3v) is 24.2. The topological polar surface area (TPSA) is 270 Å². The first-order valence-electron chi connectivity index (χ1n) is 37.3. The quantitative estimate of drug-likeness (QED) is 0.127. The lowest BCUT2D eigenvalue weighted by Crippen LogP contribution is -2.65. The average molecular weight is 1500 g/mol. The average Bonchev–Trinajstić information content (AvgIpc) is 1.58. The third-order valence-electron chi connectivity index (χ3n) is 23.8.